The minimum absolute atomic E-state index is 0.254. The Balaban J connectivity index is 2.13. The number of carbonyl (C=O) groups excluding carboxylic acids is 2. The molecule has 2 aromatic rings. The van der Waals surface area contributed by atoms with Crippen molar-refractivity contribution in [3.8, 4) is 0 Å². The van der Waals surface area contributed by atoms with Crippen LogP contribution in [0.2, 0.25) is 0 Å². The van der Waals surface area contributed by atoms with E-state index in [0.717, 1.165) is 6.07 Å². The Kier molecular flexibility index (Phi) is 4.37. The summed E-state index contributed by atoms with van der Waals surface area (Å²) in [4.78, 5) is 34.9. The summed E-state index contributed by atoms with van der Waals surface area (Å²) < 4.78 is 14.9. The average molecular weight is 290 g/mol. The molecule has 6 nitrogen and oxygen atoms in total. The number of fused-ring (bicyclic) bond motifs is 1. The smallest absolute Gasteiger partial charge is 0.374 e. The predicted molar refractivity (Wildman–Crippen MR) is 74.0 cm³/mol. The van der Waals surface area contributed by atoms with Gasteiger partial charge in [0.05, 0.1) is 11.5 Å². The maximum absolute atomic E-state index is 11.8. The van der Waals surface area contributed by atoms with Gasteiger partial charge in [-0.3, -0.25) is 4.79 Å². The van der Waals surface area contributed by atoms with Crippen LogP contribution in [0.5, 0.6) is 0 Å². The van der Waals surface area contributed by atoms with E-state index >= 15 is 0 Å². The molecule has 0 amide bonds. The third-order valence-electron chi connectivity index (χ3n) is 2.52. The Morgan fingerprint density at radius 3 is 2.67 bits per heavy atom. The lowest BCUT2D eigenvalue weighted by Gasteiger charge is -2.08. The van der Waals surface area contributed by atoms with Crippen LogP contribution in [0.15, 0.2) is 39.5 Å². The molecular formula is C15H14O6. The fourth-order valence-corrected chi connectivity index (χ4v) is 1.70. The minimum Gasteiger partial charge on any atom is -0.460 e. The fourth-order valence-electron chi connectivity index (χ4n) is 1.70. The molecule has 0 saturated carbocycles. The number of hydrogen-bond acceptors (Lipinski definition) is 6. The monoisotopic (exact) mass is 290 g/mol. The quantitative estimate of drug-likeness (QED) is 0.800. The molecule has 2 rings (SSSR count). The third-order valence-corrected chi connectivity index (χ3v) is 2.52. The van der Waals surface area contributed by atoms with Gasteiger partial charge in [-0.15, -0.1) is 0 Å². The number of rotatable bonds is 4. The second-order valence-corrected chi connectivity index (χ2v) is 4.59. The van der Waals surface area contributed by atoms with Gasteiger partial charge in [0.25, 0.3) is 0 Å². The molecule has 0 saturated heterocycles. The highest BCUT2D eigenvalue weighted by Gasteiger charge is 2.16. The molecule has 0 bridgehead atoms. The Hall–Kier alpha value is -2.63. The summed E-state index contributed by atoms with van der Waals surface area (Å²) in [5.41, 5.74) is -0.0738. The molecule has 6 heteroatoms. The van der Waals surface area contributed by atoms with Crippen molar-refractivity contribution in [2.75, 3.05) is 6.61 Å². The number of carbonyl (C=O) groups is 2. The lowest BCUT2D eigenvalue weighted by atomic mass is 10.2. The van der Waals surface area contributed by atoms with Crippen LogP contribution in [0, 0.1) is 0 Å². The van der Waals surface area contributed by atoms with Crippen LogP contribution in [0.4, 0.5) is 0 Å². The van der Waals surface area contributed by atoms with Crippen molar-refractivity contribution in [2.45, 2.75) is 20.0 Å². The molecule has 0 N–H and O–H groups in total. The van der Waals surface area contributed by atoms with E-state index in [2.05, 4.69) is 0 Å². The zero-order chi connectivity index (χ0) is 15.4. The molecule has 0 aliphatic carbocycles. The molecule has 110 valence electrons. The molecule has 21 heavy (non-hydrogen) atoms. The highest BCUT2D eigenvalue weighted by molar-refractivity contribution is 5.90. The lowest BCUT2D eigenvalue weighted by Crippen LogP contribution is -2.20. The second kappa shape index (κ2) is 6.21. The normalized spacial score (nSPS) is 10.6. The van der Waals surface area contributed by atoms with Crippen molar-refractivity contribution in [3.05, 3.63) is 46.3 Å². The number of hydrogen-bond donors (Lipinski definition) is 0. The van der Waals surface area contributed by atoms with Gasteiger partial charge < -0.3 is 13.9 Å². The topological polar surface area (TPSA) is 82.8 Å². The number of para-hydroxylation sites is 1. The van der Waals surface area contributed by atoms with Gasteiger partial charge in [0.15, 0.2) is 12.0 Å². The molecular weight excluding hydrogens is 276 g/mol. The summed E-state index contributed by atoms with van der Waals surface area (Å²) in [5.74, 6) is -1.81. The van der Waals surface area contributed by atoms with Crippen molar-refractivity contribution in [3.63, 3.8) is 0 Å². The number of benzene rings is 1. The van der Waals surface area contributed by atoms with Crippen molar-refractivity contribution in [2.24, 2.45) is 0 Å². The summed E-state index contributed by atoms with van der Waals surface area (Å²) in [5, 5.41) is 0.369. The fraction of sp³-hybridized carbons (Fsp3) is 0.267. The van der Waals surface area contributed by atoms with Gasteiger partial charge in [-0.05, 0) is 26.0 Å². The van der Waals surface area contributed by atoms with Crippen molar-refractivity contribution in [1.29, 1.82) is 0 Å². The predicted octanol–water partition coefficient (Wildman–Crippen LogP) is 1.90. The summed E-state index contributed by atoms with van der Waals surface area (Å²) >= 11 is 0. The molecule has 1 aromatic carbocycles. The summed E-state index contributed by atoms with van der Waals surface area (Å²) in [7, 11) is 0. The first kappa shape index (κ1) is 14.8. The number of esters is 2. The molecule has 1 aromatic heterocycles. The summed E-state index contributed by atoms with van der Waals surface area (Å²) in [6, 6.07) is 7.58. The third kappa shape index (κ3) is 3.68. The molecule has 0 unspecified atom stereocenters. The van der Waals surface area contributed by atoms with Gasteiger partial charge in [0.2, 0.25) is 5.76 Å². The van der Waals surface area contributed by atoms with Crippen molar-refractivity contribution < 1.29 is 23.5 Å². The van der Waals surface area contributed by atoms with Crippen LogP contribution in [0.25, 0.3) is 11.0 Å². The largest absolute Gasteiger partial charge is 0.460 e. The molecule has 0 aliphatic heterocycles. The highest BCUT2D eigenvalue weighted by Crippen LogP contribution is 2.12. The lowest BCUT2D eigenvalue weighted by molar-refractivity contribution is -0.151. The van der Waals surface area contributed by atoms with Crippen LogP contribution < -0.4 is 5.43 Å². The molecule has 1 heterocycles. The van der Waals surface area contributed by atoms with Gasteiger partial charge in [0, 0.05) is 6.07 Å². The van der Waals surface area contributed by atoms with Gasteiger partial charge in [-0.2, -0.15) is 0 Å². The second-order valence-electron chi connectivity index (χ2n) is 4.59. The van der Waals surface area contributed by atoms with Gasteiger partial charge in [-0.1, -0.05) is 12.1 Å². The van der Waals surface area contributed by atoms with E-state index in [4.69, 9.17) is 13.9 Å². The van der Waals surface area contributed by atoms with E-state index in [0.29, 0.717) is 5.39 Å². The summed E-state index contributed by atoms with van der Waals surface area (Å²) in [6.45, 7) is 2.83. The van der Waals surface area contributed by atoms with E-state index in [1.54, 1.807) is 38.1 Å². The Morgan fingerprint density at radius 1 is 1.24 bits per heavy atom. The van der Waals surface area contributed by atoms with E-state index in [1.165, 1.54) is 0 Å². The first-order valence-electron chi connectivity index (χ1n) is 6.37. The SMILES string of the molecule is CC(C)OC(=O)COC(=O)c1cc(=O)c2ccccc2o1. The van der Waals surface area contributed by atoms with Gasteiger partial charge in [-0.25, -0.2) is 9.59 Å². The van der Waals surface area contributed by atoms with Crippen LogP contribution in [-0.2, 0) is 14.3 Å². The van der Waals surface area contributed by atoms with Crippen molar-refractivity contribution in [1.82, 2.24) is 0 Å². The zero-order valence-corrected chi connectivity index (χ0v) is 11.6. The van der Waals surface area contributed by atoms with Crippen LogP contribution >= 0.6 is 0 Å². The molecule has 0 radical (unpaired) electrons. The molecule has 0 aliphatic rings. The maximum atomic E-state index is 11.8. The average Bonchev–Trinajstić information content (AvgIpc) is 2.44. The van der Waals surface area contributed by atoms with Crippen LogP contribution in [0.1, 0.15) is 24.4 Å². The Bertz CT molecular complexity index is 728. The number of ether oxygens (including phenoxy) is 2. The zero-order valence-electron chi connectivity index (χ0n) is 11.6. The van der Waals surface area contributed by atoms with E-state index in [1.807, 2.05) is 0 Å². The minimum atomic E-state index is -0.890. The molecule has 0 fully saturated rings. The highest BCUT2D eigenvalue weighted by atomic mass is 16.6. The molecule has 0 spiro atoms. The van der Waals surface area contributed by atoms with E-state index in [9.17, 15) is 14.4 Å². The van der Waals surface area contributed by atoms with E-state index < -0.39 is 18.5 Å². The molecule has 0 atom stereocenters. The first-order valence-corrected chi connectivity index (χ1v) is 6.37. The summed E-state index contributed by atoms with van der Waals surface area (Å²) in [6.07, 6.45) is -0.296. The maximum Gasteiger partial charge on any atom is 0.374 e. The Morgan fingerprint density at radius 2 is 1.95 bits per heavy atom. The van der Waals surface area contributed by atoms with Gasteiger partial charge >= 0.3 is 11.9 Å². The standard InChI is InChI=1S/C15H14O6/c1-9(2)20-14(17)8-19-15(18)13-7-11(16)10-5-3-4-6-12(10)21-13/h3-7,9H,8H2,1-2H3. The van der Waals surface area contributed by atoms with Crippen LogP contribution in [-0.4, -0.2) is 24.6 Å². The first-order chi connectivity index (χ1) is 9.97. The van der Waals surface area contributed by atoms with E-state index in [-0.39, 0.29) is 22.9 Å². The van der Waals surface area contributed by atoms with Crippen LogP contribution in [0.3, 0.4) is 0 Å². The van der Waals surface area contributed by atoms with Gasteiger partial charge in [0.1, 0.15) is 5.58 Å². The van der Waals surface area contributed by atoms with Crippen molar-refractivity contribution >= 4 is 22.9 Å². The Labute approximate surface area is 120 Å².